The number of hydrogen-bond donors (Lipinski definition) is 1. The van der Waals surface area contributed by atoms with Gasteiger partial charge in [0.25, 0.3) is 0 Å². The highest BCUT2D eigenvalue weighted by molar-refractivity contribution is 9.10. The lowest BCUT2D eigenvalue weighted by Crippen LogP contribution is -2.38. The molecule has 0 amide bonds. The third kappa shape index (κ3) is 3.03. The number of rotatable bonds is 2. The van der Waals surface area contributed by atoms with Crippen molar-refractivity contribution in [3.8, 4) is 0 Å². The summed E-state index contributed by atoms with van der Waals surface area (Å²) in [7, 11) is 0. The molecule has 1 aliphatic heterocycles. The van der Waals surface area contributed by atoms with E-state index in [1.807, 2.05) is 12.1 Å². The number of halogens is 1. The van der Waals surface area contributed by atoms with E-state index in [9.17, 15) is 5.11 Å². The zero-order chi connectivity index (χ0) is 10.7. The van der Waals surface area contributed by atoms with Gasteiger partial charge in [-0.25, -0.2) is 0 Å². The normalized spacial score (nSPS) is 20.1. The van der Waals surface area contributed by atoms with Gasteiger partial charge in [-0.3, -0.25) is 0 Å². The van der Waals surface area contributed by atoms with Gasteiger partial charge in [-0.1, -0.05) is 28.1 Å². The molecule has 15 heavy (non-hydrogen) atoms. The molecule has 1 heterocycles. The second-order valence-electron chi connectivity index (χ2n) is 4.14. The Hall–Kier alpha value is -0.380. The van der Waals surface area contributed by atoms with Crippen molar-refractivity contribution in [2.75, 3.05) is 13.2 Å². The van der Waals surface area contributed by atoms with E-state index < -0.39 is 5.60 Å². The van der Waals surface area contributed by atoms with Crippen molar-refractivity contribution in [3.05, 3.63) is 34.3 Å². The van der Waals surface area contributed by atoms with Gasteiger partial charge >= 0.3 is 0 Å². The zero-order valence-electron chi connectivity index (χ0n) is 8.58. The van der Waals surface area contributed by atoms with Gasteiger partial charge in [-0.15, -0.1) is 0 Å². The van der Waals surface area contributed by atoms with Crippen LogP contribution in [0.15, 0.2) is 28.7 Å². The molecule has 2 rings (SSSR count). The molecule has 1 fully saturated rings. The van der Waals surface area contributed by atoms with E-state index >= 15 is 0 Å². The molecular formula is C12H15BrO2. The van der Waals surface area contributed by atoms with E-state index in [1.54, 1.807) is 0 Å². The van der Waals surface area contributed by atoms with E-state index in [0.717, 1.165) is 23.7 Å². The van der Waals surface area contributed by atoms with E-state index in [2.05, 4.69) is 28.1 Å². The highest BCUT2D eigenvalue weighted by atomic mass is 79.9. The first-order chi connectivity index (χ1) is 7.18. The average Bonchev–Trinajstić information content (AvgIpc) is 2.18. The minimum Gasteiger partial charge on any atom is -0.389 e. The second-order valence-corrected chi connectivity index (χ2v) is 5.06. The average molecular weight is 271 g/mol. The lowest BCUT2D eigenvalue weighted by atomic mass is 9.87. The van der Waals surface area contributed by atoms with Gasteiger partial charge in [0.1, 0.15) is 0 Å². The van der Waals surface area contributed by atoms with Gasteiger partial charge in [0.2, 0.25) is 0 Å². The Balaban J connectivity index is 2.06. The van der Waals surface area contributed by atoms with Gasteiger partial charge in [0.05, 0.1) is 5.60 Å². The van der Waals surface area contributed by atoms with Crippen LogP contribution >= 0.6 is 15.9 Å². The van der Waals surface area contributed by atoms with E-state index in [1.165, 1.54) is 5.56 Å². The molecule has 82 valence electrons. The molecule has 0 atom stereocenters. The largest absolute Gasteiger partial charge is 0.389 e. The van der Waals surface area contributed by atoms with E-state index in [0.29, 0.717) is 13.2 Å². The molecule has 2 nitrogen and oxygen atoms in total. The number of ether oxygens (including phenoxy) is 1. The fourth-order valence-corrected chi connectivity index (χ4v) is 2.40. The Labute approximate surface area is 98.4 Å². The van der Waals surface area contributed by atoms with Crippen LogP contribution in [0.1, 0.15) is 18.4 Å². The van der Waals surface area contributed by atoms with Gasteiger partial charge in [-0.05, 0) is 30.5 Å². The van der Waals surface area contributed by atoms with Gasteiger partial charge in [0, 0.05) is 24.1 Å². The Morgan fingerprint density at radius 1 is 1.33 bits per heavy atom. The maximum atomic E-state index is 10.3. The van der Waals surface area contributed by atoms with Crippen molar-refractivity contribution in [3.63, 3.8) is 0 Å². The molecule has 0 spiro atoms. The van der Waals surface area contributed by atoms with Crippen molar-refractivity contribution in [1.82, 2.24) is 0 Å². The van der Waals surface area contributed by atoms with Crippen molar-refractivity contribution < 1.29 is 9.84 Å². The number of hydrogen-bond acceptors (Lipinski definition) is 2. The molecule has 1 N–H and O–H groups in total. The van der Waals surface area contributed by atoms with Crippen molar-refractivity contribution in [2.24, 2.45) is 0 Å². The maximum Gasteiger partial charge on any atom is 0.0731 e. The van der Waals surface area contributed by atoms with Crippen molar-refractivity contribution >= 4 is 15.9 Å². The molecule has 3 heteroatoms. The van der Waals surface area contributed by atoms with Crippen molar-refractivity contribution in [2.45, 2.75) is 24.9 Å². The third-order valence-corrected chi connectivity index (χ3v) is 3.34. The zero-order valence-corrected chi connectivity index (χ0v) is 10.2. The summed E-state index contributed by atoms with van der Waals surface area (Å²) in [5.41, 5.74) is 0.604. The van der Waals surface area contributed by atoms with Crippen molar-refractivity contribution in [1.29, 1.82) is 0 Å². The summed E-state index contributed by atoms with van der Waals surface area (Å²) >= 11 is 3.44. The fourth-order valence-electron chi connectivity index (χ4n) is 1.96. The molecule has 1 saturated heterocycles. The lowest BCUT2D eigenvalue weighted by molar-refractivity contribution is -0.0625. The summed E-state index contributed by atoms with van der Waals surface area (Å²) in [6.45, 7) is 1.34. The molecule has 0 unspecified atom stereocenters. The second kappa shape index (κ2) is 4.64. The lowest BCUT2D eigenvalue weighted by Gasteiger charge is -2.32. The van der Waals surface area contributed by atoms with Crippen LogP contribution in [0.5, 0.6) is 0 Å². The highest BCUT2D eigenvalue weighted by Crippen LogP contribution is 2.26. The SMILES string of the molecule is OC1(Cc2cccc(Br)c2)CCOCC1. The third-order valence-electron chi connectivity index (χ3n) is 2.85. The fraction of sp³-hybridized carbons (Fsp3) is 0.500. The van der Waals surface area contributed by atoms with E-state index in [-0.39, 0.29) is 0 Å². The van der Waals surface area contributed by atoms with Gasteiger partial charge in [-0.2, -0.15) is 0 Å². The first-order valence-corrected chi connectivity index (χ1v) is 6.02. The van der Waals surface area contributed by atoms with Crippen LogP contribution < -0.4 is 0 Å². The smallest absolute Gasteiger partial charge is 0.0731 e. The molecule has 0 saturated carbocycles. The standard InChI is InChI=1S/C12H15BrO2/c13-11-3-1-2-10(8-11)9-12(14)4-6-15-7-5-12/h1-3,8,14H,4-7,9H2. The predicted molar refractivity (Wildman–Crippen MR) is 62.8 cm³/mol. The molecule has 1 aliphatic rings. The van der Waals surface area contributed by atoms with Crippen LogP contribution in [0.25, 0.3) is 0 Å². The summed E-state index contributed by atoms with van der Waals surface area (Å²) in [5, 5.41) is 10.3. The molecule has 0 aliphatic carbocycles. The minimum absolute atomic E-state index is 0.570. The van der Waals surface area contributed by atoms with Crippen LogP contribution in [-0.4, -0.2) is 23.9 Å². The Morgan fingerprint density at radius 2 is 2.07 bits per heavy atom. The topological polar surface area (TPSA) is 29.5 Å². The number of aliphatic hydroxyl groups is 1. The van der Waals surface area contributed by atoms with E-state index in [4.69, 9.17) is 4.74 Å². The molecular weight excluding hydrogens is 256 g/mol. The first-order valence-electron chi connectivity index (χ1n) is 5.23. The van der Waals surface area contributed by atoms with Crippen LogP contribution in [-0.2, 0) is 11.2 Å². The Morgan fingerprint density at radius 3 is 2.73 bits per heavy atom. The maximum absolute atomic E-state index is 10.3. The van der Waals surface area contributed by atoms with Crippen LogP contribution in [0.4, 0.5) is 0 Å². The first kappa shape index (κ1) is 11.1. The molecule has 1 aromatic rings. The Bertz CT molecular complexity index is 332. The van der Waals surface area contributed by atoms with Crippen LogP contribution in [0.2, 0.25) is 0 Å². The summed E-state index contributed by atoms with van der Waals surface area (Å²) in [6, 6.07) is 8.12. The Kier molecular flexibility index (Phi) is 3.44. The quantitative estimate of drug-likeness (QED) is 0.895. The summed E-state index contributed by atoms with van der Waals surface area (Å²) in [6.07, 6.45) is 2.19. The van der Waals surface area contributed by atoms with Gasteiger partial charge in [0.15, 0.2) is 0 Å². The molecule has 0 bridgehead atoms. The molecule has 0 aromatic heterocycles. The highest BCUT2D eigenvalue weighted by Gasteiger charge is 2.29. The minimum atomic E-state index is -0.570. The van der Waals surface area contributed by atoms with Gasteiger partial charge < -0.3 is 9.84 Å². The summed E-state index contributed by atoms with van der Waals surface area (Å²) in [5.74, 6) is 0. The number of benzene rings is 1. The predicted octanol–water partition coefficient (Wildman–Crippen LogP) is 2.53. The summed E-state index contributed by atoms with van der Waals surface area (Å²) in [4.78, 5) is 0. The van der Waals surface area contributed by atoms with Crippen LogP contribution in [0, 0.1) is 0 Å². The molecule has 0 radical (unpaired) electrons. The monoisotopic (exact) mass is 270 g/mol. The molecule has 1 aromatic carbocycles. The van der Waals surface area contributed by atoms with Crippen LogP contribution in [0.3, 0.4) is 0 Å². The summed E-state index contributed by atoms with van der Waals surface area (Å²) < 4.78 is 6.32.